The van der Waals surface area contributed by atoms with Crippen LogP contribution in [0.25, 0.3) is 0 Å². The standard InChI is InChI=1S/C16H20N2O5S/c1-16(14(20)21)5-6-18(8-16)15(22)17-12-11(13(19)23-2)10(7-24-12)9-3-4-9/h7,9H,3-6,8H2,1-2H3,(H,17,22)(H,20,21). The van der Waals surface area contributed by atoms with Crippen LogP contribution < -0.4 is 5.32 Å². The minimum Gasteiger partial charge on any atom is -0.481 e. The average Bonchev–Trinajstić information content (AvgIpc) is 3.18. The summed E-state index contributed by atoms with van der Waals surface area (Å²) in [6.07, 6.45) is 2.49. The van der Waals surface area contributed by atoms with Crippen LogP contribution in [-0.4, -0.2) is 48.2 Å². The van der Waals surface area contributed by atoms with E-state index in [1.54, 1.807) is 6.92 Å². The highest BCUT2D eigenvalue weighted by atomic mass is 32.1. The van der Waals surface area contributed by atoms with Gasteiger partial charge in [0.1, 0.15) is 5.00 Å². The lowest BCUT2D eigenvalue weighted by molar-refractivity contribution is -0.146. The normalized spacial score (nSPS) is 23.2. The Labute approximate surface area is 143 Å². The second-order valence-electron chi connectivity index (χ2n) is 6.63. The van der Waals surface area contributed by atoms with Crippen molar-refractivity contribution in [2.75, 3.05) is 25.5 Å². The Kier molecular flexibility index (Phi) is 4.25. The molecule has 0 spiro atoms. The Bertz CT molecular complexity index is 697. The summed E-state index contributed by atoms with van der Waals surface area (Å²) >= 11 is 1.31. The Morgan fingerprint density at radius 1 is 1.42 bits per heavy atom. The number of hydrogen-bond donors (Lipinski definition) is 2. The number of carboxylic acid groups (broad SMARTS) is 1. The zero-order valence-electron chi connectivity index (χ0n) is 13.6. The number of methoxy groups -OCH3 is 1. The molecule has 1 aliphatic heterocycles. The number of ether oxygens (including phenoxy) is 1. The van der Waals surface area contributed by atoms with E-state index >= 15 is 0 Å². The van der Waals surface area contributed by atoms with Crippen molar-refractivity contribution in [3.05, 3.63) is 16.5 Å². The van der Waals surface area contributed by atoms with Gasteiger partial charge in [-0.3, -0.25) is 10.1 Å². The lowest BCUT2D eigenvalue weighted by atomic mass is 9.90. The number of carbonyl (C=O) groups is 3. The van der Waals surface area contributed by atoms with Crippen LogP contribution in [0.15, 0.2) is 5.38 Å². The number of likely N-dealkylation sites (tertiary alicyclic amines) is 1. The second kappa shape index (κ2) is 6.08. The molecule has 1 saturated heterocycles. The van der Waals surface area contributed by atoms with Crippen LogP contribution in [0.4, 0.5) is 9.80 Å². The zero-order valence-corrected chi connectivity index (χ0v) is 14.4. The number of carboxylic acids is 1. The van der Waals surface area contributed by atoms with Gasteiger partial charge in [-0.1, -0.05) is 0 Å². The van der Waals surface area contributed by atoms with Crippen LogP contribution in [0.1, 0.15) is 48.0 Å². The monoisotopic (exact) mass is 352 g/mol. The number of carbonyl (C=O) groups excluding carboxylic acids is 2. The van der Waals surface area contributed by atoms with Crippen LogP contribution in [0.3, 0.4) is 0 Å². The molecule has 3 rings (SSSR count). The molecule has 2 fully saturated rings. The molecule has 8 heteroatoms. The molecule has 0 bridgehead atoms. The quantitative estimate of drug-likeness (QED) is 0.812. The fourth-order valence-corrected chi connectivity index (χ4v) is 3.98. The lowest BCUT2D eigenvalue weighted by Crippen LogP contribution is -2.37. The number of aliphatic carboxylic acids is 1. The van der Waals surface area contributed by atoms with E-state index in [0.717, 1.165) is 18.4 Å². The van der Waals surface area contributed by atoms with Crippen molar-refractivity contribution < 1.29 is 24.2 Å². The van der Waals surface area contributed by atoms with Gasteiger partial charge in [0.2, 0.25) is 0 Å². The topological polar surface area (TPSA) is 95.9 Å². The second-order valence-corrected chi connectivity index (χ2v) is 7.51. The van der Waals surface area contributed by atoms with E-state index in [0.29, 0.717) is 29.4 Å². The third kappa shape index (κ3) is 2.98. The maximum Gasteiger partial charge on any atom is 0.341 e. The summed E-state index contributed by atoms with van der Waals surface area (Å²) in [4.78, 5) is 37.3. The molecule has 1 aromatic heterocycles. The van der Waals surface area contributed by atoms with Crippen molar-refractivity contribution in [2.45, 2.75) is 32.1 Å². The predicted octanol–water partition coefficient (Wildman–Crippen LogP) is 2.74. The van der Waals surface area contributed by atoms with Gasteiger partial charge in [-0.15, -0.1) is 11.3 Å². The van der Waals surface area contributed by atoms with Crippen LogP contribution in [-0.2, 0) is 9.53 Å². The molecule has 0 aromatic carbocycles. The van der Waals surface area contributed by atoms with Gasteiger partial charge in [0, 0.05) is 13.1 Å². The van der Waals surface area contributed by atoms with Crippen molar-refractivity contribution in [1.82, 2.24) is 4.90 Å². The molecule has 24 heavy (non-hydrogen) atoms. The first-order valence-electron chi connectivity index (χ1n) is 7.85. The number of esters is 1. The number of nitrogens with zero attached hydrogens (tertiary/aromatic N) is 1. The highest BCUT2D eigenvalue weighted by molar-refractivity contribution is 7.15. The Morgan fingerprint density at radius 3 is 2.67 bits per heavy atom. The Hall–Kier alpha value is -2.09. The van der Waals surface area contributed by atoms with E-state index in [1.807, 2.05) is 5.38 Å². The summed E-state index contributed by atoms with van der Waals surface area (Å²) in [6, 6.07) is -0.380. The fraction of sp³-hybridized carbons (Fsp3) is 0.562. The number of nitrogens with one attached hydrogen (secondary N) is 1. The highest BCUT2D eigenvalue weighted by Gasteiger charge is 2.42. The Balaban J connectivity index is 1.76. The lowest BCUT2D eigenvalue weighted by Gasteiger charge is -2.20. The summed E-state index contributed by atoms with van der Waals surface area (Å²) in [6.45, 7) is 2.17. The first-order valence-corrected chi connectivity index (χ1v) is 8.72. The van der Waals surface area contributed by atoms with E-state index in [9.17, 15) is 19.5 Å². The first kappa shape index (κ1) is 16.8. The molecular formula is C16H20N2O5S. The molecule has 2 aliphatic rings. The minimum atomic E-state index is -0.920. The molecule has 2 heterocycles. The number of thiophene rings is 1. The molecule has 1 aromatic rings. The van der Waals surface area contributed by atoms with Crippen LogP contribution >= 0.6 is 11.3 Å². The fourth-order valence-electron chi connectivity index (χ4n) is 2.96. The van der Waals surface area contributed by atoms with Crippen molar-refractivity contribution in [2.24, 2.45) is 5.41 Å². The van der Waals surface area contributed by atoms with Crippen molar-refractivity contribution in [1.29, 1.82) is 0 Å². The van der Waals surface area contributed by atoms with E-state index < -0.39 is 17.4 Å². The molecule has 1 atom stereocenters. The maximum absolute atomic E-state index is 12.5. The first-order chi connectivity index (χ1) is 11.4. The molecule has 0 radical (unpaired) electrons. The third-order valence-corrected chi connectivity index (χ3v) is 5.64. The van der Waals surface area contributed by atoms with Gasteiger partial charge in [-0.25, -0.2) is 9.59 Å². The van der Waals surface area contributed by atoms with Gasteiger partial charge in [-0.2, -0.15) is 0 Å². The van der Waals surface area contributed by atoms with E-state index in [-0.39, 0.29) is 12.6 Å². The van der Waals surface area contributed by atoms with Gasteiger partial charge in [0.05, 0.1) is 18.1 Å². The van der Waals surface area contributed by atoms with E-state index in [1.165, 1.54) is 23.3 Å². The molecule has 130 valence electrons. The number of anilines is 1. The summed E-state index contributed by atoms with van der Waals surface area (Å²) < 4.78 is 4.85. The van der Waals surface area contributed by atoms with Crippen LogP contribution in [0, 0.1) is 5.41 Å². The molecule has 7 nitrogen and oxygen atoms in total. The van der Waals surface area contributed by atoms with E-state index in [4.69, 9.17) is 4.74 Å². The summed E-state index contributed by atoms with van der Waals surface area (Å²) in [5.74, 6) is -0.992. The number of amides is 2. The summed E-state index contributed by atoms with van der Waals surface area (Å²) in [5.41, 5.74) is 0.439. The zero-order chi connectivity index (χ0) is 17.5. The third-order valence-electron chi connectivity index (χ3n) is 4.72. The average molecular weight is 352 g/mol. The van der Waals surface area contributed by atoms with Crippen LogP contribution in [0.5, 0.6) is 0 Å². The highest BCUT2D eigenvalue weighted by Crippen LogP contribution is 2.46. The van der Waals surface area contributed by atoms with Crippen LogP contribution in [0.2, 0.25) is 0 Å². The van der Waals surface area contributed by atoms with Gasteiger partial charge in [-0.05, 0) is 43.0 Å². The molecule has 2 N–H and O–H groups in total. The molecular weight excluding hydrogens is 332 g/mol. The SMILES string of the molecule is COC(=O)c1c(C2CC2)csc1NC(=O)N1CCC(C)(C(=O)O)C1. The van der Waals surface area contributed by atoms with Gasteiger partial charge in [0.25, 0.3) is 0 Å². The van der Waals surface area contributed by atoms with Crippen molar-refractivity contribution >= 4 is 34.3 Å². The molecule has 1 saturated carbocycles. The van der Waals surface area contributed by atoms with Gasteiger partial charge >= 0.3 is 18.0 Å². The smallest absolute Gasteiger partial charge is 0.341 e. The molecule has 1 aliphatic carbocycles. The van der Waals surface area contributed by atoms with E-state index in [2.05, 4.69) is 5.32 Å². The number of hydrogen-bond acceptors (Lipinski definition) is 5. The molecule has 1 unspecified atom stereocenters. The number of rotatable bonds is 4. The summed E-state index contributed by atoms with van der Waals surface area (Å²) in [7, 11) is 1.32. The largest absolute Gasteiger partial charge is 0.481 e. The minimum absolute atomic E-state index is 0.155. The van der Waals surface area contributed by atoms with Gasteiger partial charge in [0.15, 0.2) is 0 Å². The van der Waals surface area contributed by atoms with Crippen molar-refractivity contribution in [3.8, 4) is 0 Å². The maximum atomic E-state index is 12.5. The predicted molar refractivity (Wildman–Crippen MR) is 88.6 cm³/mol. The summed E-state index contributed by atoms with van der Waals surface area (Å²) in [5, 5.41) is 14.4. The Morgan fingerprint density at radius 2 is 2.12 bits per heavy atom. The molecule has 2 amide bonds. The van der Waals surface area contributed by atoms with Gasteiger partial charge < -0.3 is 14.7 Å². The number of urea groups is 1. The van der Waals surface area contributed by atoms with Crippen molar-refractivity contribution in [3.63, 3.8) is 0 Å².